The zero-order valence-electron chi connectivity index (χ0n) is 8.62. The molecule has 0 bridgehead atoms. The van der Waals surface area contributed by atoms with Crippen molar-refractivity contribution in [3.05, 3.63) is 0 Å². The summed E-state index contributed by atoms with van der Waals surface area (Å²) in [5.41, 5.74) is 0. The van der Waals surface area contributed by atoms with Gasteiger partial charge < -0.3 is 5.32 Å². The van der Waals surface area contributed by atoms with Crippen LogP contribution in [0.15, 0.2) is 0 Å². The Bertz CT molecular complexity index is 16.7. The van der Waals surface area contributed by atoms with Crippen LogP contribution in [0, 0.1) is 0 Å². The third-order valence-electron chi connectivity index (χ3n) is 0.780. The van der Waals surface area contributed by atoms with E-state index >= 15 is 0 Å². The summed E-state index contributed by atoms with van der Waals surface area (Å²) >= 11 is 0. The summed E-state index contributed by atoms with van der Waals surface area (Å²) in [6.45, 7) is 11.4. The molecule has 0 aromatic heterocycles. The van der Waals surface area contributed by atoms with E-state index in [-0.39, 0.29) is 0 Å². The molecule has 66 valence electrons. The van der Waals surface area contributed by atoms with E-state index in [2.05, 4.69) is 12.2 Å². The van der Waals surface area contributed by atoms with Gasteiger partial charge in [-0.25, -0.2) is 0 Å². The van der Waals surface area contributed by atoms with Crippen molar-refractivity contribution in [2.75, 3.05) is 13.6 Å². The van der Waals surface area contributed by atoms with Gasteiger partial charge in [-0.3, -0.25) is 0 Å². The molecule has 1 nitrogen and oxygen atoms in total. The molecule has 0 atom stereocenters. The first-order valence-corrected chi connectivity index (χ1v) is 4.56. The van der Waals surface area contributed by atoms with Gasteiger partial charge in [-0.2, -0.15) is 0 Å². The van der Waals surface area contributed by atoms with Crippen molar-refractivity contribution in [1.29, 1.82) is 0 Å². The van der Waals surface area contributed by atoms with Gasteiger partial charge in [-0.1, -0.05) is 41.0 Å². The highest BCUT2D eigenvalue weighted by molar-refractivity contribution is 4.34. The monoisotopic (exact) mass is 147 g/mol. The Morgan fingerprint density at radius 1 is 1.00 bits per heavy atom. The lowest BCUT2D eigenvalue weighted by Crippen LogP contribution is -2.06. The normalized spacial score (nSPS) is 6.60. The van der Waals surface area contributed by atoms with Crippen molar-refractivity contribution >= 4 is 0 Å². The maximum atomic E-state index is 3.07. The number of hydrogen-bond donors (Lipinski definition) is 1. The van der Waals surface area contributed by atoms with Crippen LogP contribution in [0.3, 0.4) is 0 Å². The van der Waals surface area contributed by atoms with Crippen LogP contribution in [0.4, 0.5) is 0 Å². The lowest BCUT2D eigenvalue weighted by atomic mass is 10.3. The second-order valence-electron chi connectivity index (χ2n) is 1.46. The minimum Gasteiger partial charge on any atom is -0.320 e. The Morgan fingerprint density at radius 2 is 1.40 bits per heavy atom. The Balaban J connectivity index is -0.000000105. The molecule has 0 fully saturated rings. The molecule has 0 aromatic carbocycles. The van der Waals surface area contributed by atoms with Crippen molar-refractivity contribution in [1.82, 2.24) is 5.32 Å². The maximum absolute atomic E-state index is 3.07. The van der Waals surface area contributed by atoms with Crippen LogP contribution < -0.4 is 5.32 Å². The van der Waals surface area contributed by atoms with Crippen LogP contribution in [0.2, 0.25) is 0 Å². The lowest BCUT2D eigenvalue weighted by molar-refractivity contribution is 0.711. The fraction of sp³-hybridized carbons (Fsp3) is 1.00. The zero-order valence-corrected chi connectivity index (χ0v) is 8.62. The van der Waals surface area contributed by atoms with E-state index in [9.17, 15) is 0 Å². The molecule has 0 aliphatic carbocycles. The maximum Gasteiger partial charge on any atom is -0.00520 e. The summed E-state index contributed by atoms with van der Waals surface area (Å²) in [5.74, 6) is 0. The molecule has 0 aliphatic heterocycles. The molecule has 0 aromatic rings. The molecule has 0 unspecified atom stereocenters. The molecular weight excluding hydrogens is 122 g/mol. The minimum atomic E-state index is 1.16. The van der Waals surface area contributed by atoms with Crippen LogP contribution in [0.5, 0.6) is 0 Å². The molecule has 0 heterocycles. The summed E-state index contributed by atoms with van der Waals surface area (Å²) in [4.78, 5) is 0. The minimum absolute atomic E-state index is 1.16. The SMILES string of the molecule is CC.CC.CCCCNC. The molecule has 0 saturated carbocycles. The van der Waals surface area contributed by atoms with Gasteiger partial charge in [0.15, 0.2) is 0 Å². The van der Waals surface area contributed by atoms with Crippen LogP contribution in [0.25, 0.3) is 0 Å². The molecule has 0 spiro atoms. The van der Waals surface area contributed by atoms with E-state index in [0.29, 0.717) is 0 Å². The Labute approximate surface area is 67.2 Å². The van der Waals surface area contributed by atoms with Crippen LogP contribution in [0.1, 0.15) is 47.5 Å². The Morgan fingerprint density at radius 3 is 1.50 bits per heavy atom. The van der Waals surface area contributed by atoms with Gasteiger partial charge in [-0.15, -0.1) is 0 Å². The van der Waals surface area contributed by atoms with Crippen LogP contribution in [-0.4, -0.2) is 13.6 Å². The van der Waals surface area contributed by atoms with E-state index < -0.39 is 0 Å². The zero-order chi connectivity index (χ0) is 8.83. The number of rotatable bonds is 3. The van der Waals surface area contributed by atoms with Gasteiger partial charge >= 0.3 is 0 Å². The third kappa shape index (κ3) is 44.0. The highest BCUT2D eigenvalue weighted by atomic mass is 14.8. The molecule has 0 saturated heterocycles. The highest BCUT2D eigenvalue weighted by Gasteiger charge is 1.73. The van der Waals surface area contributed by atoms with E-state index in [1.54, 1.807) is 0 Å². The third-order valence-corrected chi connectivity index (χ3v) is 0.780. The van der Waals surface area contributed by atoms with E-state index in [4.69, 9.17) is 0 Å². The Hall–Kier alpha value is -0.0400. The summed E-state index contributed by atoms with van der Waals surface area (Å²) in [7, 11) is 1.98. The number of nitrogens with one attached hydrogen (secondary N) is 1. The second-order valence-corrected chi connectivity index (χ2v) is 1.46. The first-order chi connectivity index (χ1) is 4.91. The number of hydrogen-bond acceptors (Lipinski definition) is 1. The molecule has 1 heteroatoms. The van der Waals surface area contributed by atoms with Crippen molar-refractivity contribution < 1.29 is 0 Å². The van der Waals surface area contributed by atoms with Crippen molar-refractivity contribution in [2.24, 2.45) is 0 Å². The van der Waals surface area contributed by atoms with Gasteiger partial charge in [0.2, 0.25) is 0 Å². The lowest BCUT2D eigenvalue weighted by Gasteiger charge is -1.89. The van der Waals surface area contributed by atoms with Crippen molar-refractivity contribution in [3.63, 3.8) is 0 Å². The predicted octanol–water partition coefficient (Wildman–Crippen LogP) is 3.06. The molecule has 0 rings (SSSR count). The quantitative estimate of drug-likeness (QED) is 0.605. The fourth-order valence-corrected chi connectivity index (χ4v) is 0.354. The van der Waals surface area contributed by atoms with Crippen molar-refractivity contribution in [3.8, 4) is 0 Å². The first kappa shape index (κ1) is 16.5. The van der Waals surface area contributed by atoms with E-state index in [1.807, 2.05) is 34.7 Å². The average molecular weight is 147 g/mol. The molecule has 10 heavy (non-hydrogen) atoms. The van der Waals surface area contributed by atoms with Gasteiger partial charge in [0.05, 0.1) is 0 Å². The standard InChI is InChI=1S/C5H13N.2C2H6/c1-3-4-5-6-2;2*1-2/h6H,3-5H2,1-2H3;2*1-2H3. The number of unbranched alkanes of at least 4 members (excludes halogenated alkanes) is 1. The summed E-state index contributed by atoms with van der Waals surface area (Å²) < 4.78 is 0. The smallest absolute Gasteiger partial charge is 0.00520 e. The van der Waals surface area contributed by atoms with E-state index in [1.165, 1.54) is 12.8 Å². The van der Waals surface area contributed by atoms with Gasteiger partial charge in [-0.05, 0) is 20.0 Å². The van der Waals surface area contributed by atoms with Gasteiger partial charge in [0.25, 0.3) is 0 Å². The van der Waals surface area contributed by atoms with Crippen LogP contribution >= 0.6 is 0 Å². The molecule has 1 N–H and O–H groups in total. The van der Waals surface area contributed by atoms with Gasteiger partial charge in [0, 0.05) is 0 Å². The summed E-state index contributed by atoms with van der Waals surface area (Å²) in [6, 6.07) is 0. The second kappa shape index (κ2) is 36.2. The fourth-order valence-electron chi connectivity index (χ4n) is 0.354. The molecule has 0 amide bonds. The van der Waals surface area contributed by atoms with Crippen LogP contribution in [-0.2, 0) is 0 Å². The topological polar surface area (TPSA) is 12.0 Å². The highest BCUT2D eigenvalue weighted by Crippen LogP contribution is 1.79. The first-order valence-electron chi connectivity index (χ1n) is 4.56. The molecule has 0 aliphatic rings. The summed E-state index contributed by atoms with van der Waals surface area (Å²) in [6.07, 6.45) is 2.59. The van der Waals surface area contributed by atoms with Crippen molar-refractivity contribution in [2.45, 2.75) is 47.5 Å². The predicted molar refractivity (Wildman–Crippen MR) is 51.5 cm³/mol. The van der Waals surface area contributed by atoms with E-state index in [0.717, 1.165) is 6.54 Å². The Kier molecular flexibility index (Phi) is 59.8. The molecular formula is C9H25N. The van der Waals surface area contributed by atoms with Gasteiger partial charge in [0.1, 0.15) is 0 Å². The largest absolute Gasteiger partial charge is 0.320 e. The summed E-state index contributed by atoms with van der Waals surface area (Å²) in [5, 5.41) is 3.07. The average Bonchev–Trinajstić information content (AvgIpc) is 2.08. The molecule has 0 radical (unpaired) electrons.